The van der Waals surface area contributed by atoms with E-state index in [9.17, 15) is 14.4 Å². The number of ether oxygens (including phenoxy) is 1. The normalized spacial score (nSPS) is 10.5. The lowest BCUT2D eigenvalue weighted by atomic mass is 10.2. The summed E-state index contributed by atoms with van der Waals surface area (Å²) >= 11 is 0. The highest BCUT2D eigenvalue weighted by molar-refractivity contribution is 5.96. The summed E-state index contributed by atoms with van der Waals surface area (Å²) in [6.07, 6.45) is 3.22. The number of hydrogen-bond donors (Lipinski definition) is 1. The highest BCUT2D eigenvalue weighted by Crippen LogP contribution is 2.12. The first-order valence-corrected chi connectivity index (χ1v) is 8.08. The van der Waals surface area contributed by atoms with Crippen LogP contribution >= 0.6 is 0 Å². The van der Waals surface area contributed by atoms with Crippen molar-refractivity contribution in [2.75, 3.05) is 13.2 Å². The van der Waals surface area contributed by atoms with E-state index in [-0.39, 0.29) is 24.7 Å². The van der Waals surface area contributed by atoms with Crippen LogP contribution in [0, 0.1) is 0 Å². The molecule has 0 spiro atoms. The third-order valence-corrected chi connectivity index (χ3v) is 3.52. The topological polar surface area (TPSA) is 85.6 Å². The molecule has 0 aliphatic rings. The molecule has 24 heavy (non-hydrogen) atoms. The molecule has 2 rings (SSSR count). The predicted molar refractivity (Wildman–Crippen MR) is 89.9 cm³/mol. The lowest BCUT2D eigenvalue weighted by molar-refractivity contribution is -0.143. The molecular weight excluding hydrogens is 310 g/mol. The Hall–Kier alpha value is -2.63. The SMILES string of the molecule is CCCCCC(=O)OCCNC(=O)c1cc2ccccc2oc1=O. The minimum atomic E-state index is -0.692. The maximum Gasteiger partial charge on any atom is 0.349 e. The van der Waals surface area contributed by atoms with Crippen molar-refractivity contribution in [2.24, 2.45) is 0 Å². The third kappa shape index (κ3) is 4.94. The van der Waals surface area contributed by atoms with Crippen molar-refractivity contribution in [2.45, 2.75) is 32.6 Å². The van der Waals surface area contributed by atoms with Crippen LogP contribution in [0.4, 0.5) is 0 Å². The second kappa shape index (κ2) is 8.86. The van der Waals surface area contributed by atoms with Gasteiger partial charge in [-0.1, -0.05) is 38.0 Å². The quantitative estimate of drug-likeness (QED) is 0.456. The average Bonchev–Trinajstić information content (AvgIpc) is 2.58. The maximum absolute atomic E-state index is 12.1. The zero-order valence-electron chi connectivity index (χ0n) is 13.7. The first kappa shape index (κ1) is 17.7. The minimum Gasteiger partial charge on any atom is -0.464 e. The Labute approximate surface area is 139 Å². The van der Waals surface area contributed by atoms with E-state index < -0.39 is 11.5 Å². The molecule has 0 aliphatic carbocycles. The standard InChI is InChI=1S/C18H21NO5/c1-2-3-4-9-16(20)23-11-10-19-17(21)14-12-13-7-5-6-8-15(13)24-18(14)22/h5-8,12H,2-4,9-11H2,1H3,(H,19,21). The number of hydrogen-bond acceptors (Lipinski definition) is 5. The van der Waals surface area contributed by atoms with Crippen molar-refractivity contribution < 1.29 is 18.7 Å². The van der Waals surface area contributed by atoms with E-state index in [0.717, 1.165) is 19.3 Å². The van der Waals surface area contributed by atoms with E-state index in [1.54, 1.807) is 24.3 Å². The summed E-state index contributed by atoms with van der Waals surface area (Å²) in [6.45, 7) is 2.28. The van der Waals surface area contributed by atoms with Crippen molar-refractivity contribution in [3.8, 4) is 0 Å². The van der Waals surface area contributed by atoms with Gasteiger partial charge < -0.3 is 14.5 Å². The van der Waals surface area contributed by atoms with Crippen LogP contribution < -0.4 is 10.9 Å². The fourth-order valence-corrected chi connectivity index (χ4v) is 2.24. The zero-order valence-corrected chi connectivity index (χ0v) is 13.7. The van der Waals surface area contributed by atoms with Gasteiger partial charge in [0.05, 0.1) is 6.54 Å². The monoisotopic (exact) mass is 331 g/mol. The van der Waals surface area contributed by atoms with E-state index in [2.05, 4.69) is 12.2 Å². The third-order valence-electron chi connectivity index (χ3n) is 3.52. The average molecular weight is 331 g/mol. The molecule has 0 aliphatic heterocycles. The van der Waals surface area contributed by atoms with Gasteiger partial charge in [-0.05, 0) is 18.6 Å². The van der Waals surface area contributed by atoms with Crippen molar-refractivity contribution in [3.63, 3.8) is 0 Å². The van der Waals surface area contributed by atoms with Crippen molar-refractivity contribution >= 4 is 22.8 Å². The first-order valence-electron chi connectivity index (χ1n) is 8.08. The number of rotatable bonds is 8. The molecule has 6 nitrogen and oxygen atoms in total. The van der Waals surface area contributed by atoms with E-state index in [4.69, 9.17) is 9.15 Å². The fraction of sp³-hybridized carbons (Fsp3) is 0.389. The molecule has 0 saturated carbocycles. The molecule has 1 aromatic heterocycles. The Morgan fingerprint density at radius 1 is 1.21 bits per heavy atom. The molecule has 0 unspecified atom stereocenters. The second-order valence-electron chi connectivity index (χ2n) is 5.42. The molecule has 0 bridgehead atoms. The number of carbonyl (C=O) groups is 2. The van der Waals surface area contributed by atoms with Gasteiger partial charge in [0.2, 0.25) is 0 Å². The summed E-state index contributed by atoms with van der Waals surface area (Å²) < 4.78 is 10.1. The van der Waals surface area contributed by atoms with Crippen LogP contribution in [0.2, 0.25) is 0 Å². The number of carbonyl (C=O) groups excluding carboxylic acids is 2. The molecule has 0 radical (unpaired) electrons. The molecule has 0 saturated heterocycles. The van der Waals surface area contributed by atoms with Crippen LogP contribution in [0.25, 0.3) is 11.0 Å². The molecule has 1 N–H and O–H groups in total. The van der Waals surface area contributed by atoms with Crippen molar-refractivity contribution in [3.05, 3.63) is 46.3 Å². The van der Waals surface area contributed by atoms with E-state index >= 15 is 0 Å². The van der Waals surface area contributed by atoms with Crippen LogP contribution in [0.3, 0.4) is 0 Å². The smallest absolute Gasteiger partial charge is 0.349 e. The molecule has 1 aromatic carbocycles. The summed E-state index contributed by atoms with van der Waals surface area (Å²) in [5, 5.41) is 3.22. The summed E-state index contributed by atoms with van der Waals surface area (Å²) in [7, 11) is 0. The lowest BCUT2D eigenvalue weighted by Gasteiger charge is -2.06. The highest BCUT2D eigenvalue weighted by atomic mass is 16.5. The second-order valence-corrected chi connectivity index (χ2v) is 5.42. The Morgan fingerprint density at radius 2 is 2.00 bits per heavy atom. The predicted octanol–water partition coefficient (Wildman–Crippen LogP) is 2.65. The minimum absolute atomic E-state index is 0.0667. The van der Waals surface area contributed by atoms with Gasteiger partial charge in [0.25, 0.3) is 5.91 Å². The number of amides is 1. The van der Waals surface area contributed by atoms with Crippen molar-refractivity contribution in [1.82, 2.24) is 5.32 Å². The van der Waals surface area contributed by atoms with Crippen LogP contribution in [0.1, 0.15) is 43.0 Å². The van der Waals surface area contributed by atoms with Gasteiger partial charge in [0.15, 0.2) is 0 Å². The van der Waals surface area contributed by atoms with Gasteiger partial charge in [0.1, 0.15) is 17.8 Å². The van der Waals surface area contributed by atoms with Crippen LogP contribution in [0.15, 0.2) is 39.5 Å². The largest absolute Gasteiger partial charge is 0.464 e. The number of para-hydroxylation sites is 1. The van der Waals surface area contributed by atoms with Gasteiger partial charge in [-0.15, -0.1) is 0 Å². The highest BCUT2D eigenvalue weighted by Gasteiger charge is 2.13. The summed E-state index contributed by atoms with van der Waals surface area (Å²) in [4.78, 5) is 35.3. The van der Waals surface area contributed by atoms with Crippen LogP contribution in [-0.4, -0.2) is 25.0 Å². The molecule has 0 atom stereocenters. The fourth-order valence-electron chi connectivity index (χ4n) is 2.24. The number of esters is 1. The van der Waals surface area contributed by atoms with E-state index in [1.165, 1.54) is 6.07 Å². The Kier molecular flexibility index (Phi) is 6.54. The number of nitrogens with one attached hydrogen (secondary N) is 1. The summed E-state index contributed by atoms with van der Waals surface area (Å²) in [5.74, 6) is -0.820. The molecule has 128 valence electrons. The van der Waals surface area contributed by atoms with Gasteiger partial charge in [-0.3, -0.25) is 9.59 Å². The number of benzene rings is 1. The maximum atomic E-state index is 12.1. The zero-order chi connectivity index (χ0) is 17.4. The lowest BCUT2D eigenvalue weighted by Crippen LogP contribution is -2.31. The van der Waals surface area contributed by atoms with E-state index in [1.807, 2.05) is 0 Å². The molecule has 1 heterocycles. The molecule has 0 fully saturated rings. The van der Waals surface area contributed by atoms with E-state index in [0.29, 0.717) is 17.4 Å². The Balaban J connectivity index is 1.84. The number of fused-ring (bicyclic) bond motifs is 1. The van der Waals surface area contributed by atoms with Crippen molar-refractivity contribution in [1.29, 1.82) is 0 Å². The van der Waals surface area contributed by atoms with Gasteiger partial charge in [-0.2, -0.15) is 0 Å². The summed E-state index contributed by atoms with van der Waals surface area (Å²) in [5.41, 5.74) is -0.328. The van der Waals surface area contributed by atoms with Gasteiger partial charge in [0, 0.05) is 11.8 Å². The Morgan fingerprint density at radius 3 is 2.79 bits per heavy atom. The number of unbranched alkanes of at least 4 members (excludes halogenated alkanes) is 2. The molecule has 6 heteroatoms. The molecule has 1 amide bonds. The van der Waals surface area contributed by atoms with Gasteiger partial charge in [-0.25, -0.2) is 4.79 Å². The summed E-state index contributed by atoms with van der Waals surface area (Å²) in [6, 6.07) is 8.46. The van der Waals surface area contributed by atoms with Crippen LogP contribution in [0.5, 0.6) is 0 Å². The first-order chi connectivity index (χ1) is 11.6. The molecular formula is C18H21NO5. The van der Waals surface area contributed by atoms with Crippen LogP contribution in [-0.2, 0) is 9.53 Å². The Bertz CT molecular complexity index is 765. The molecule has 2 aromatic rings. The van der Waals surface area contributed by atoms with Gasteiger partial charge >= 0.3 is 11.6 Å².